The number of halogens is 1. The Morgan fingerprint density at radius 1 is 1.04 bits per heavy atom. The highest BCUT2D eigenvalue weighted by Gasteiger charge is 2.21. The van der Waals surface area contributed by atoms with E-state index in [1.807, 2.05) is 24.3 Å². The van der Waals surface area contributed by atoms with Crippen LogP contribution in [0, 0.1) is 0 Å². The molecule has 0 bridgehead atoms. The number of nitrogens with zero attached hydrogens (tertiary/aromatic N) is 1. The van der Waals surface area contributed by atoms with Crippen molar-refractivity contribution in [3.05, 3.63) is 70.7 Å². The van der Waals surface area contributed by atoms with Gasteiger partial charge in [-0.2, -0.15) is 0 Å². The first-order valence-corrected chi connectivity index (χ1v) is 9.37. The highest BCUT2D eigenvalue weighted by molar-refractivity contribution is 6.30. The first-order chi connectivity index (χ1) is 12.2. The molecule has 2 aromatic carbocycles. The van der Waals surface area contributed by atoms with Crippen molar-refractivity contribution in [3.63, 3.8) is 0 Å². The lowest BCUT2D eigenvalue weighted by Crippen LogP contribution is -2.41. The Labute approximate surface area is 155 Å². The number of carbonyl (C=O) groups excluding carboxylic acids is 1. The summed E-state index contributed by atoms with van der Waals surface area (Å²) in [6.07, 6.45) is 3.09. The Balaban J connectivity index is 1.35. The number of hydrogen-bond acceptors (Lipinski definition) is 2. The zero-order chi connectivity index (χ0) is 17.5. The summed E-state index contributed by atoms with van der Waals surface area (Å²) < 4.78 is 0. The number of hydrogen-bond donors (Lipinski definition) is 1. The molecule has 0 atom stereocenters. The first kappa shape index (κ1) is 18.0. The van der Waals surface area contributed by atoms with Gasteiger partial charge in [-0.1, -0.05) is 54.1 Å². The fourth-order valence-corrected chi connectivity index (χ4v) is 3.53. The van der Waals surface area contributed by atoms with Crippen LogP contribution in [0.4, 0.5) is 0 Å². The van der Waals surface area contributed by atoms with Crippen LogP contribution in [-0.4, -0.2) is 37.0 Å². The number of piperidine rings is 1. The maximum Gasteiger partial charge on any atom is 0.234 e. The van der Waals surface area contributed by atoms with E-state index in [9.17, 15) is 4.79 Å². The quantitative estimate of drug-likeness (QED) is 0.851. The second-order valence-electron chi connectivity index (χ2n) is 6.69. The molecule has 4 heteroatoms. The molecule has 25 heavy (non-hydrogen) atoms. The summed E-state index contributed by atoms with van der Waals surface area (Å²) in [4.78, 5) is 14.4. The fourth-order valence-electron chi connectivity index (χ4n) is 3.41. The van der Waals surface area contributed by atoms with E-state index in [4.69, 9.17) is 11.6 Å². The Kier molecular flexibility index (Phi) is 6.48. The van der Waals surface area contributed by atoms with Crippen molar-refractivity contribution in [1.82, 2.24) is 10.2 Å². The zero-order valence-corrected chi connectivity index (χ0v) is 15.2. The average molecular weight is 357 g/mol. The van der Waals surface area contributed by atoms with E-state index in [1.165, 1.54) is 11.1 Å². The van der Waals surface area contributed by atoms with Gasteiger partial charge in [-0.15, -0.1) is 0 Å². The van der Waals surface area contributed by atoms with Crippen molar-refractivity contribution in [2.45, 2.75) is 25.2 Å². The van der Waals surface area contributed by atoms with Gasteiger partial charge in [0.25, 0.3) is 0 Å². The molecule has 0 unspecified atom stereocenters. The SMILES string of the molecule is O=C(CN1CCC(c2ccccc2)CC1)NCCc1ccc(Cl)cc1. The van der Waals surface area contributed by atoms with Crippen LogP contribution in [0.5, 0.6) is 0 Å². The summed E-state index contributed by atoms with van der Waals surface area (Å²) in [7, 11) is 0. The summed E-state index contributed by atoms with van der Waals surface area (Å²) in [6, 6.07) is 18.5. The summed E-state index contributed by atoms with van der Waals surface area (Å²) in [5.41, 5.74) is 2.61. The van der Waals surface area contributed by atoms with E-state index in [0.717, 1.165) is 37.4 Å². The molecule has 3 nitrogen and oxygen atoms in total. The topological polar surface area (TPSA) is 32.3 Å². The van der Waals surface area contributed by atoms with Crippen molar-refractivity contribution < 1.29 is 4.79 Å². The lowest BCUT2D eigenvalue weighted by molar-refractivity contribution is -0.122. The third-order valence-corrected chi connectivity index (χ3v) is 5.13. The lowest BCUT2D eigenvalue weighted by atomic mass is 9.89. The van der Waals surface area contributed by atoms with Gasteiger partial charge >= 0.3 is 0 Å². The molecular formula is C21H25ClN2O. The van der Waals surface area contributed by atoms with Gasteiger partial charge in [0.1, 0.15) is 0 Å². The van der Waals surface area contributed by atoms with Gasteiger partial charge in [0, 0.05) is 11.6 Å². The predicted octanol–water partition coefficient (Wildman–Crippen LogP) is 3.88. The van der Waals surface area contributed by atoms with Crippen molar-refractivity contribution in [2.75, 3.05) is 26.2 Å². The number of carbonyl (C=O) groups is 1. The Morgan fingerprint density at radius 3 is 2.40 bits per heavy atom. The van der Waals surface area contributed by atoms with Crippen molar-refractivity contribution in [3.8, 4) is 0 Å². The summed E-state index contributed by atoms with van der Waals surface area (Å²) in [5.74, 6) is 0.748. The summed E-state index contributed by atoms with van der Waals surface area (Å²) in [6.45, 7) is 3.15. The number of rotatable bonds is 6. The minimum atomic E-state index is 0.118. The lowest BCUT2D eigenvalue weighted by Gasteiger charge is -2.31. The van der Waals surface area contributed by atoms with Gasteiger partial charge in [0.15, 0.2) is 0 Å². The van der Waals surface area contributed by atoms with E-state index >= 15 is 0 Å². The van der Waals surface area contributed by atoms with Gasteiger partial charge < -0.3 is 5.32 Å². The monoisotopic (exact) mass is 356 g/mol. The van der Waals surface area contributed by atoms with Gasteiger partial charge in [-0.3, -0.25) is 9.69 Å². The molecule has 1 amide bonds. The minimum absolute atomic E-state index is 0.118. The van der Waals surface area contributed by atoms with Crippen molar-refractivity contribution in [2.24, 2.45) is 0 Å². The minimum Gasteiger partial charge on any atom is -0.355 e. The second kappa shape index (κ2) is 9.02. The molecule has 0 saturated carbocycles. The van der Waals surface area contributed by atoms with Crippen molar-refractivity contribution in [1.29, 1.82) is 0 Å². The maximum absolute atomic E-state index is 12.1. The smallest absolute Gasteiger partial charge is 0.234 e. The van der Waals surface area contributed by atoms with E-state index in [0.29, 0.717) is 19.0 Å². The van der Waals surface area contributed by atoms with Crippen LogP contribution < -0.4 is 5.32 Å². The third kappa shape index (κ3) is 5.58. The molecule has 0 aromatic heterocycles. The van der Waals surface area contributed by atoms with Gasteiger partial charge in [-0.05, 0) is 61.5 Å². The van der Waals surface area contributed by atoms with Crippen LogP contribution in [-0.2, 0) is 11.2 Å². The number of nitrogens with one attached hydrogen (secondary N) is 1. The van der Waals surface area contributed by atoms with Crippen LogP contribution in [0.15, 0.2) is 54.6 Å². The van der Waals surface area contributed by atoms with Gasteiger partial charge in [0.05, 0.1) is 6.54 Å². The van der Waals surface area contributed by atoms with Crippen LogP contribution in [0.3, 0.4) is 0 Å². The molecule has 1 aliphatic heterocycles. The predicted molar refractivity (Wildman–Crippen MR) is 103 cm³/mol. The molecule has 1 N–H and O–H groups in total. The molecule has 0 radical (unpaired) electrons. The van der Waals surface area contributed by atoms with Crippen LogP contribution in [0.2, 0.25) is 5.02 Å². The fraction of sp³-hybridized carbons (Fsp3) is 0.381. The number of likely N-dealkylation sites (tertiary alicyclic amines) is 1. The molecule has 132 valence electrons. The number of amides is 1. The largest absolute Gasteiger partial charge is 0.355 e. The maximum atomic E-state index is 12.1. The second-order valence-corrected chi connectivity index (χ2v) is 7.12. The molecule has 1 fully saturated rings. The molecule has 1 aliphatic rings. The molecule has 0 spiro atoms. The van der Waals surface area contributed by atoms with Gasteiger partial charge in [0.2, 0.25) is 5.91 Å². The summed E-state index contributed by atoms with van der Waals surface area (Å²) >= 11 is 5.88. The molecule has 0 aliphatic carbocycles. The van der Waals surface area contributed by atoms with E-state index < -0.39 is 0 Å². The average Bonchev–Trinajstić information content (AvgIpc) is 2.65. The van der Waals surface area contributed by atoms with E-state index in [2.05, 4.69) is 40.5 Å². The normalized spacial score (nSPS) is 15.9. The van der Waals surface area contributed by atoms with E-state index in [-0.39, 0.29) is 5.91 Å². The first-order valence-electron chi connectivity index (χ1n) is 8.99. The molecule has 3 rings (SSSR count). The Morgan fingerprint density at radius 2 is 1.72 bits per heavy atom. The molecule has 2 aromatic rings. The summed E-state index contributed by atoms with van der Waals surface area (Å²) in [5, 5.41) is 3.76. The molecule has 1 heterocycles. The standard InChI is InChI=1S/C21H25ClN2O/c22-20-8-6-17(7-9-20)10-13-23-21(25)16-24-14-11-19(12-15-24)18-4-2-1-3-5-18/h1-9,19H,10-16H2,(H,23,25). The van der Waals surface area contributed by atoms with Gasteiger partial charge in [-0.25, -0.2) is 0 Å². The van der Waals surface area contributed by atoms with Crippen LogP contribution >= 0.6 is 11.6 Å². The third-order valence-electron chi connectivity index (χ3n) is 4.87. The van der Waals surface area contributed by atoms with Crippen LogP contribution in [0.1, 0.15) is 29.9 Å². The highest BCUT2D eigenvalue weighted by atomic mass is 35.5. The number of benzene rings is 2. The van der Waals surface area contributed by atoms with Crippen LogP contribution in [0.25, 0.3) is 0 Å². The zero-order valence-electron chi connectivity index (χ0n) is 14.5. The van der Waals surface area contributed by atoms with E-state index in [1.54, 1.807) is 0 Å². The molecular weight excluding hydrogens is 332 g/mol. The molecule has 1 saturated heterocycles. The van der Waals surface area contributed by atoms with Crippen molar-refractivity contribution >= 4 is 17.5 Å². The highest BCUT2D eigenvalue weighted by Crippen LogP contribution is 2.27. The Hall–Kier alpha value is -1.84. The Bertz CT molecular complexity index is 664.